The fraction of sp³-hybridized carbons (Fsp3) is 0. The molecule has 0 bridgehead atoms. The molecule has 64 valence electrons. The molecule has 6 nitrogen and oxygen atoms in total. The summed E-state index contributed by atoms with van der Waals surface area (Å²) in [6, 6.07) is 3.65. The molecule has 0 aromatic carbocycles. The van der Waals surface area contributed by atoms with Crippen LogP contribution >= 0.6 is 15.9 Å². The molecule has 0 saturated carbocycles. The molecule has 13 heavy (non-hydrogen) atoms. The van der Waals surface area contributed by atoms with Gasteiger partial charge in [-0.3, -0.25) is 0 Å². The maximum absolute atomic E-state index is 8.17. The second kappa shape index (κ2) is 3.04. The Balaban J connectivity index is 2.75. The summed E-state index contributed by atoms with van der Waals surface area (Å²) in [5.74, 6) is 0.120. The van der Waals surface area contributed by atoms with Gasteiger partial charge in [-0.2, -0.15) is 0 Å². The number of aromatic nitrogens is 3. The second-order valence-corrected chi connectivity index (χ2v) is 3.08. The van der Waals surface area contributed by atoms with Gasteiger partial charge >= 0.3 is 0 Å². The van der Waals surface area contributed by atoms with Crippen LogP contribution in [0.3, 0.4) is 0 Å². The zero-order chi connectivity index (χ0) is 9.26. The summed E-state index contributed by atoms with van der Waals surface area (Å²) < 4.78 is 2.34. The van der Waals surface area contributed by atoms with Gasteiger partial charge in [-0.05, 0) is 38.7 Å². The smallest absolute Gasteiger partial charge is 0.220 e. The van der Waals surface area contributed by atoms with E-state index in [1.165, 1.54) is 4.52 Å². The standard InChI is InChI=1S/C6H3BrN6/c7-4-2-1-3-13-5(4)9-6(11-13)10-12-8/h1-3H. The van der Waals surface area contributed by atoms with Crippen molar-refractivity contribution in [3.05, 3.63) is 33.2 Å². The van der Waals surface area contributed by atoms with Crippen molar-refractivity contribution < 1.29 is 0 Å². The summed E-state index contributed by atoms with van der Waals surface area (Å²) >= 11 is 3.30. The van der Waals surface area contributed by atoms with Crippen LogP contribution in [0.15, 0.2) is 27.9 Å². The Hall–Kier alpha value is -1.59. The van der Waals surface area contributed by atoms with Gasteiger partial charge in [0.2, 0.25) is 5.95 Å². The normalized spacial score (nSPS) is 9.92. The first kappa shape index (κ1) is 8.03. The van der Waals surface area contributed by atoms with Gasteiger partial charge in [0.25, 0.3) is 0 Å². The summed E-state index contributed by atoms with van der Waals surface area (Å²) in [4.78, 5) is 6.59. The molecule has 2 heterocycles. The first-order chi connectivity index (χ1) is 6.31. The van der Waals surface area contributed by atoms with Gasteiger partial charge < -0.3 is 0 Å². The van der Waals surface area contributed by atoms with E-state index in [9.17, 15) is 0 Å². The second-order valence-electron chi connectivity index (χ2n) is 2.23. The van der Waals surface area contributed by atoms with E-state index in [0.29, 0.717) is 5.65 Å². The minimum atomic E-state index is 0.120. The van der Waals surface area contributed by atoms with Gasteiger partial charge in [-0.25, -0.2) is 9.50 Å². The molecule has 0 spiro atoms. The number of hydrogen-bond acceptors (Lipinski definition) is 3. The third-order valence-corrected chi connectivity index (χ3v) is 2.06. The van der Waals surface area contributed by atoms with E-state index in [2.05, 4.69) is 36.0 Å². The van der Waals surface area contributed by atoms with Crippen LogP contribution in [-0.4, -0.2) is 14.6 Å². The largest absolute Gasteiger partial charge is 0.238 e. The highest BCUT2D eigenvalue weighted by Gasteiger charge is 2.03. The average Bonchev–Trinajstić information content (AvgIpc) is 2.49. The highest BCUT2D eigenvalue weighted by atomic mass is 79.9. The molecule has 0 unspecified atom stereocenters. The topological polar surface area (TPSA) is 79.0 Å². The highest BCUT2D eigenvalue weighted by Crippen LogP contribution is 2.17. The Labute approximate surface area is 81.0 Å². The van der Waals surface area contributed by atoms with Crippen LogP contribution in [0.25, 0.3) is 16.1 Å². The number of halogens is 1. The van der Waals surface area contributed by atoms with E-state index in [4.69, 9.17) is 5.53 Å². The molecule has 2 rings (SSSR count). The number of nitrogens with zero attached hydrogens (tertiary/aromatic N) is 6. The Bertz CT molecular complexity index is 497. The van der Waals surface area contributed by atoms with Gasteiger partial charge in [0.1, 0.15) is 0 Å². The average molecular weight is 239 g/mol. The zero-order valence-electron chi connectivity index (χ0n) is 6.29. The van der Waals surface area contributed by atoms with Crippen LogP contribution in [0.4, 0.5) is 5.95 Å². The minimum absolute atomic E-state index is 0.120. The van der Waals surface area contributed by atoms with Crippen molar-refractivity contribution in [3.63, 3.8) is 0 Å². The predicted octanol–water partition coefficient (Wildman–Crippen LogP) is 2.43. The van der Waals surface area contributed by atoms with Crippen LogP contribution in [-0.2, 0) is 0 Å². The van der Waals surface area contributed by atoms with Gasteiger partial charge in [0.05, 0.1) is 4.47 Å². The van der Waals surface area contributed by atoms with Crippen molar-refractivity contribution >= 4 is 27.5 Å². The molecule has 2 aromatic rings. The van der Waals surface area contributed by atoms with E-state index < -0.39 is 0 Å². The van der Waals surface area contributed by atoms with Crippen LogP contribution in [0, 0.1) is 0 Å². The van der Waals surface area contributed by atoms with Gasteiger partial charge in [-0.1, -0.05) is 0 Å². The van der Waals surface area contributed by atoms with Gasteiger partial charge in [0.15, 0.2) is 5.65 Å². The number of fused-ring (bicyclic) bond motifs is 1. The molecule has 0 radical (unpaired) electrons. The summed E-state index contributed by atoms with van der Waals surface area (Å²) in [5, 5.41) is 7.22. The van der Waals surface area contributed by atoms with Crippen molar-refractivity contribution in [3.8, 4) is 0 Å². The van der Waals surface area contributed by atoms with Crippen molar-refractivity contribution in [2.45, 2.75) is 0 Å². The Kier molecular flexibility index (Phi) is 1.88. The van der Waals surface area contributed by atoms with Crippen molar-refractivity contribution in [2.75, 3.05) is 0 Å². The lowest BCUT2D eigenvalue weighted by atomic mass is 10.5. The highest BCUT2D eigenvalue weighted by molar-refractivity contribution is 9.10. The lowest BCUT2D eigenvalue weighted by molar-refractivity contribution is 0.955. The molecule has 0 N–H and O–H groups in total. The van der Waals surface area contributed by atoms with Crippen LogP contribution in [0.5, 0.6) is 0 Å². The van der Waals surface area contributed by atoms with Crippen molar-refractivity contribution in [1.82, 2.24) is 14.6 Å². The molecule has 0 aliphatic carbocycles. The monoisotopic (exact) mass is 238 g/mol. The predicted molar refractivity (Wildman–Crippen MR) is 49.5 cm³/mol. The van der Waals surface area contributed by atoms with E-state index in [0.717, 1.165) is 4.47 Å². The lowest BCUT2D eigenvalue weighted by Gasteiger charge is -1.90. The third-order valence-electron chi connectivity index (χ3n) is 1.44. The fourth-order valence-electron chi connectivity index (χ4n) is 0.945. The van der Waals surface area contributed by atoms with Crippen molar-refractivity contribution in [2.24, 2.45) is 5.11 Å². The quantitative estimate of drug-likeness (QED) is 0.435. The van der Waals surface area contributed by atoms with Crippen LogP contribution in [0.1, 0.15) is 0 Å². The minimum Gasteiger partial charge on any atom is -0.220 e. The van der Waals surface area contributed by atoms with Gasteiger partial charge in [0, 0.05) is 11.1 Å². The molecule has 2 aromatic heterocycles. The van der Waals surface area contributed by atoms with E-state index in [1.54, 1.807) is 6.20 Å². The maximum atomic E-state index is 8.17. The first-order valence-corrected chi connectivity index (χ1v) is 4.16. The number of rotatable bonds is 1. The molecular weight excluding hydrogens is 236 g/mol. The third kappa shape index (κ3) is 1.34. The lowest BCUT2D eigenvalue weighted by Crippen LogP contribution is -1.84. The SMILES string of the molecule is [N-]=[N+]=Nc1nc2c(Br)cccn2n1. The van der Waals surface area contributed by atoms with E-state index >= 15 is 0 Å². The van der Waals surface area contributed by atoms with Crippen LogP contribution < -0.4 is 0 Å². The molecular formula is C6H3BrN6. The first-order valence-electron chi connectivity index (χ1n) is 3.37. The molecule has 0 aliphatic rings. The van der Waals surface area contributed by atoms with Crippen molar-refractivity contribution in [1.29, 1.82) is 0 Å². The summed E-state index contributed by atoms with van der Waals surface area (Å²) in [7, 11) is 0. The summed E-state index contributed by atoms with van der Waals surface area (Å²) in [5.41, 5.74) is 8.80. The Morgan fingerprint density at radius 2 is 2.46 bits per heavy atom. The van der Waals surface area contributed by atoms with E-state index in [1.807, 2.05) is 12.1 Å². The molecule has 0 aliphatic heterocycles. The molecule has 0 fully saturated rings. The summed E-state index contributed by atoms with van der Waals surface area (Å²) in [6.45, 7) is 0. The Morgan fingerprint density at radius 3 is 3.15 bits per heavy atom. The Morgan fingerprint density at radius 1 is 1.62 bits per heavy atom. The molecule has 0 atom stereocenters. The molecule has 7 heteroatoms. The zero-order valence-corrected chi connectivity index (χ0v) is 7.88. The van der Waals surface area contributed by atoms with Gasteiger partial charge in [-0.15, -0.1) is 5.10 Å². The van der Waals surface area contributed by atoms with Crippen LogP contribution in [0.2, 0.25) is 0 Å². The van der Waals surface area contributed by atoms with E-state index in [-0.39, 0.29) is 5.95 Å². The number of hydrogen-bond donors (Lipinski definition) is 0. The summed E-state index contributed by atoms with van der Waals surface area (Å²) in [6.07, 6.45) is 1.73. The molecule has 0 amide bonds. The maximum Gasteiger partial charge on any atom is 0.238 e. The number of azide groups is 1. The molecule has 0 saturated heterocycles. The number of pyridine rings is 1. The fourth-order valence-corrected chi connectivity index (χ4v) is 1.37.